The van der Waals surface area contributed by atoms with Crippen molar-refractivity contribution >= 4 is 21.9 Å². The molecule has 0 amide bonds. The highest BCUT2D eigenvalue weighted by Crippen LogP contribution is 2.31. The second-order valence-corrected chi connectivity index (χ2v) is 4.13. The number of carboxylic acid groups (broad SMARTS) is 1. The van der Waals surface area contributed by atoms with Crippen LogP contribution in [0.1, 0.15) is 35.3 Å². The van der Waals surface area contributed by atoms with Crippen LogP contribution < -0.4 is 5.73 Å². The SMILES string of the molecule is CC[C@@H](N)c1cc(Br)cc(C(=O)O)c1O. The Balaban J connectivity index is 3.34. The molecule has 0 aliphatic rings. The van der Waals surface area contributed by atoms with Crippen molar-refractivity contribution in [2.24, 2.45) is 5.73 Å². The van der Waals surface area contributed by atoms with Gasteiger partial charge in [-0.2, -0.15) is 0 Å². The van der Waals surface area contributed by atoms with Crippen LogP contribution in [-0.4, -0.2) is 16.2 Å². The molecule has 0 saturated carbocycles. The third-order valence-electron chi connectivity index (χ3n) is 2.17. The summed E-state index contributed by atoms with van der Waals surface area (Å²) in [5, 5.41) is 18.6. The van der Waals surface area contributed by atoms with E-state index in [9.17, 15) is 9.90 Å². The van der Waals surface area contributed by atoms with Crippen molar-refractivity contribution in [3.05, 3.63) is 27.7 Å². The van der Waals surface area contributed by atoms with Crippen LogP contribution >= 0.6 is 15.9 Å². The van der Waals surface area contributed by atoms with Crippen molar-refractivity contribution in [1.29, 1.82) is 0 Å². The Morgan fingerprint density at radius 3 is 2.67 bits per heavy atom. The second kappa shape index (κ2) is 4.63. The molecule has 1 atom stereocenters. The van der Waals surface area contributed by atoms with Gasteiger partial charge in [0.05, 0.1) is 0 Å². The Labute approximate surface area is 95.8 Å². The average molecular weight is 274 g/mol. The first kappa shape index (κ1) is 12.0. The summed E-state index contributed by atoms with van der Waals surface area (Å²) < 4.78 is 0.594. The van der Waals surface area contributed by atoms with Crippen molar-refractivity contribution in [3.8, 4) is 5.75 Å². The number of phenols is 1. The van der Waals surface area contributed by atoms with Gasteiger partial charge in [0.2, 0.25) is 0 Å². The Bertz CT molecular complexity index is 392. The molecule has 0 spiro atoms. The Kier molecular flexibility index (Phi) is 3.71. The van der Waals surface area contributed by atoms with Crippen molar-refractivity contribution in [3.63, 3.8) is 0 Å². The predicted molar refractivity (Wildman–Crippen MR) is 60.0 cm³/mol. The zero-order valence-corrected chi connectivity index (χ0v) is 9.78. The van der Waals surface area contributed by atoms with E-state index in [0.717, 1.165) is 0 Å². The molecule has 0 saturated heterocycles. The zero-order chi connectivity index (χ0) is 11.6. The standard InChI is InChI=1S/C10H12BrNO3/c1-2-8(12)6-3-5(11)4-7(9(6)13)10(14)15/h3-4,8,13H,2,12H2,1H3,(H,14,15)/t8-/m1/s1. The first-order valence-electron chi connectivity index (χ1n) is 4.48. The van der Waals surface area contributed by atoms with Crippen LogP contribution in [0.2, 0.25) is 0 Å². The summed E-state index contributed by atoms with van der Waals surface area (Å²) in [5.74, 6) is -1.42. The van der Waals surface area contributed by atoms with Crippen LogP contribution in [0.15, 0.2) is 16.6 Å². The normalized spacial score (nSPS) is 12.5. The summed E-state index contributed by atoms with van der Waals surface area (Å²) in [7, 11) is 0. The lowest BCUT2D eigenvalue weighted by atomic mass is 10.0. The molecule has 0 unspecified atom stereocenters. The topological polar surface area (TPSA) is 83.6 Å². The minimum atomic E-state index is -1.17. The molecule has 0 bridgehead atoms. The molecule has 0 aliphatic carbocycles. The fourth-order valence-electron chi connectivity index (χ4n) is 1.29. The molecule has 1 rings (SSSR count). The summed E-state index contributed by atoms with van der Waals surface area (Å²) in [6.45, 7) is 1.87. The van der Waals surface area contributed by atoms with Crippen LogP contribution in [0.4, 0.5) is 0 Å². The highest BCUT2D eigenvalue weighted by atomic mass is 79.9. The van der Waals surface area contributed by atoms with Gasteiger partial charge in [0.25, 0.3) is 0 Å². The monoisotopic (exact) mass is 273 g/mol. The van der Waals surface area contributed by atoms with Crippen LogP contribution in [-0.2, 0) is 0 Å². The lowest BCUT2D eigenvalue weighted by Crippen LogP contribution is -2.10. The maximum atomic E-state index is 10.8. The molecule has 0 radical (unpaired) electrons. The number of aromatic carboxylic acids is 1. The minimum Gasteiger partial charge on any atom is -0.507 e. The highest BCUT2D eigenvalue weighted by molar-refractivity contribution is 9.10. The summed E-state index contributed by atoms with van der Waals surface area (Å²) in [4.78, 5) is 10.8. The Morgan fingerprint density at radius 2 is 2.20 bits per heavy atom. The Morgan fingerprint density at radius 1 is 1.60 bits per heavy atom. The number of rotatable bonds is 3. The molecule has 0 aromatic heterocycles. The van der Waals surface area contributed by atoms with Crippen molar-refractivity contribution in [2.45, 2.75) is 19.4 Å². The van der Waals surface area contributed by atoms with Crippen LogP contribution in [0.5, 0.6) is 5.75 Å². The number of carbonyl (C=O) groups is 1. The van der Waals surface area contributed by atoms with Gasteiger partial charge in [0.1, 0.15) is 11.3 Å². The van der Waals surface area contributed by atoms with Crippen molar-refractivity contribution < 1.29 is 15.0 Å². The lowest BCUT2D eigenvalue weighted by molar-refractivity contribution is 0.0693. The van der Waals surface area contributed by atoms with E-state index in [4.69, 9.17) is 10.8 Å². The number of aromatic hydroxyl groups is 1. The summed E-state index contributed by atoms with van der Waals surface area (Å²) in [6.07, 6.45) is 0.628. The molecular formula is C10H12BrNO3. The van der Waals surface area contributed by atoms with Crippen molar-refractivity contribution in [1.82, 2.24) is 0 Å². The van der Waals surface area contributed by atoms with Gasteiger partial charge in [-0.15, -0.1) is 0 Å². The molecule has 1 aromatic carbocycles. The first-order valence-corrected chi connectivity index (χ1v) is 5.28. The van der Waals surface area contributed by atoms with E-state index in [0.29, 0.717) is 16.5 Å². The molecule has 82 valence electrons. The second-order valence-electron chi connectivity index (χ2n) is 3.21. The van der Waals surface area contributed by atoms with E-state index in [1.165, 1.54) is 6.07 Å². The number of carboxylic acids is 1. The van der Waals surface area contributed by atoms with Gasteiger partial charge in [-0.3, -0.25) is 0 Å². The number of benzene rings is 1. The summed E-state index contributed by atoms with van der Waals surface area (Å²) >= 11 is 3.18. The molecule has 1 aromatic rings. The number of hydrogen-bond donors (Lipinski definition) is 3. The van der Waals surface area contributed by atoms with E-state index in [1.807, 2.05) is 6.92 Å². The molecule has 0 fully saturated rings. The van der Waals surface area contributed by atoms with E-state index in [2.05, 4.69) is 15.9 Å². The van der Waals surface area contributed by atoms with E-state index in [-0.39, 0.29) is 17.4 Å². The lowest BCUT2D eigenvalue weighted by Gasteiger charge is -2.13. The number of halogens is 1. The molecule has 0 heterocycles. The number of nitrogens with two attached hydrogens (primary N) is 1. The Hall–Kier alpha value is -1.07. The van der Waals surface area contributed by atoms with Crippen LogP contribution in [0.3, 0.4) is 0 Å². The van der Waals surface area contributed by atoms with E-state index < -0.39 is 5.97 Å². The smallest absolute Gasteiger partial charge is 0.339 e. The third-order valence-corrected chi connectivity index (χ3v) is 2.63. The van der Waals surface area contributed by atoms with Crippen LogP contribution in [0, 0.1) is 0 Å². The van der Waals surface area contributed by atoms with Crippen molar-refractivity contribution in [2.75, 3.05) is 0 Å². The number of hydrogen-bond acceptors (Lipinski definition) is 3. The largest absolute Gasteiger partial charge is 0.507 e. The quantitative estimate of drug-likeness (QED) is 0.789. The van der Waals surface area contributed by atoms with Gasteiger partial charge in [-0.05, 0) is 18.6 Å². The first-order chi connectivity index (χ1) is 6.97. The predicted octanol–water partition coefficient (Wildman–Crippen LogP) is 2.26. The van der Waals surface area contributed by atoms with Gasteiger partial charge < -0.3 is 15.9 Å². The third kappa shape index (κ3) is 2.49. The molecule has 5 heteroatoms. The average Bonchev–Trinajstić information content (AvgIpc) is 2.19. The van der Waals surface area contributed by atoms with Gasteiger partial charge in [0.15, 0.2) is 0 Å². The molecule has 0 aliphatic heterocycles. The van der Waals surface area contributed by atoms with E-state index >= 15 is 0 Å². The zero-order valence-electron chi connectivity index (χ0n) is 8.20. The summed E-state index contributed by atoms with van der Waals surface area (Å²) in [6, 6.07) is 2.63. The fraction of sp³-hybridized carbons (Fsp3) is 0.300. The van der Waals surface area contributed by atoms with Crippen LogP contribution in [0.25, 0.3) is 0 Å². The molecule has 15 heavy (non-hydrogen) atoms. The highest BCUT2D eigenvalue weighted by Gasteiger charge is 2.18. The van der Waals surface area contributed by atoms with E-state index in [1.54, 1.807) is 6.07 Å². The van der Waals surface area contributed by atoms with Gasteiger partial charge in [0, 0.05) is 16.1 Å². The maximum Gasteiger partial charge on any atom is 0.339 e. The molecular weight excluding hydrogens is 262 g/mol. The molecule has 4 N–H and O–H groups in total. The van der Waals surface area contributed by atoms with Gasteiger partial charge in [-0.25, -0.2) is 4.79 Å². The minimum absolute atomic E-state index is 0.136. The van der Waals surface area contributed by atoms with Gasteiger partial charge >= 0.3 is 5.97 Å². The summed E-state index contributed by atoms with van der Waals surface area (Å²) in [5.41, 5.74) is 6.07. The van der Waals surface area contributed by atoms with Gasteiger partial charge in [-0.1, -0.05) is 22.9 Å². The fourth-order valence-corrected chi connectivity index (χ4v) is 1.76. The molecule has 4 nitrogen and oxygen atoms in total. The maximum absolute atomic E-state index is 10.8.